The zero-order valence-corrected chi connectivity index (χ0v) is 17.3. The predicted octanol–water partition coefficient (Wildman–Crippen LogP) is 6.40. The molecule has 0 bridgehead atoms. The molecule has 0 heterocycles. The first-order chi connectivity index (χ1) is 12.1. The number of hydrogen-bond donors (Lipinski definition) is 1. The van der Waals surface area contributed by atoms with Crippen LogP contribution in [0.25, 0.3) is 0 Å². The lowest BCUT2D eigenvalue weighted by Gasteiger charge is -2.21. The van der Waals surface area contributed by atoms with Gasteiger partial charge in [0.05, 0.1) is 0 Å². The summed E-state index contributed by atoms with van der Waals surface area (Å²) in [6.07, 6.45) is 0.796. The number of carbonyl (C=O) groups excluding carboxylic acids is 1. The van der Waals surface area contributed by atoms with Crippen LogP contribution >= 0.6 is 0 Å². The van der Waals surface area contributed by atoms with Gasteiger partial charge in [0.25, 0.3) is 0 Å². The standard InChI is InChI=1S/C23H31NO2/c1-9-23(7,8)22(25)24-19-10-12-20(13-11-19)26-21-17(5)15(3)14(2)16(4)18(21)6/h10-13H,9H2,1-8H3,(H,24,25). The van der Waals surface area contributed by atoms with Crippen molar-refractivity contribution in [3.63, 3.8) is 0 Å². The van der Waals surface area contributed by atoms with Gasteiger partial charge < -0.3 is 10.1 Å². The van der Waals surface area contributed by atoms with Crippen molar-refractivity contribution in [2.75, 3.05) is 5.32 Å². The van der Waals surface area contributed by atoms with Crippen molar-refractivity contribution in [2.45, 2.75) is 61.8 Å². The zero-order valence-electron chi connectivity index (χ0n) is 17.3. The first-order valence-electron chi connectivity index (χ1n) is 9.24. The Kier molecular flexibility index (Phi) is 5.80. The minimum atomic E-state index is -0.375. The lowest BCUT2D eigenvalue weighted by atomic mass is 9.89. The van der Waals surface area contributed by atoms with E-state index in [0.717, 1.165) is 23.6 Å². The molecule has 2 rings (SSSR count). The molecule has 0 unspecified atom stereocenters. The molecule has 140 valence electrons. The Labute approximate surface area is 157 Å². The van der Waals surface area contributed by atoms with E-state index in [-0.39, 0.29) is 11.3 Å². The second-order valence-corrected chi connectivity index (χ2v) is 7.77. The maximum absolute atomic E-state index is 12.3. The topological polar surface area (TPSA) is 38.3 Å². The van der Waals surface area contributed by atoms with Gasteiger partial charge in [-0.3, -0.25) is 4.79 Å². The number of benzene rings is 2. The normalized spacial score (nSPS) is 11.4. The SMILES string of the molecule is CCC(C)(C)C(=O)Nc1ccc(Oc2c(C)c(C)c(C)c(C)c2C)cc1. The number of amides is 1. The van der Waals surface area contributed by atoms with Gasteiger partial charge in [-0.05, 0) is 93.1 Å². The molecule has 26 heavy (non-hydrogen) atoms. The molecule has 3 nitrogen and oxygen atoms in total. The highest BCUT2D eigenvalue weighted by Crippen LogP contribution is 2.35. The highest BCUT2D eigenvalue weighted by atomic mass is 16.5. The van der Waals surface area contributed by atoms with Gasteiger partial charge in [0.1, 0.15) is 11.5 Å². The zero-order chi connectivity index (χ0) is 19.6. The van der Waals surface area contributed by atoms with Crippen molar-refractivity contribution in [3.05, 3.63) is 52.1 Å². The van der Waals surface area contributed by atoms with E-state index in [1.54, 1.807) is 0 Å². The van der Waals surface area contributed by atoms with Crippen LogP contribution in [0, 0.1) is 40.0 Å². The van der Waals surface area contributed by atoms with Crippen LogP contribution in [-0.4, -0.2) is 5.91 Å². The summed E-state index contributed by atoms with van der Waals surface area (Å²) in [6, 6.07) is 7.57. The van der Waals surface area contributed by atoms with E-state index < -0.39 is 0 Å². The molecule has 3 heteroatoms. The quantitative estimate of drug-likeness (QED) is 0.676. The predicted molar refractivity (Wildman–Crippen MR) is 109 cm³/mol. The highest BCUT2D eigenvalue weighted by Gasteiger charge is 2.25. The molecule has 0 spiro atoms. The smallest absolute Gasteiger partial charge is 0.230 e. The van der Waals surface area contributed by atoms with Crippen LogP contribution in [-0.2, 0) is 4.79 Å². The van der Waals surface area contributed by atoms with Crippen molar-refractivity contribution >= 4 is 11.6 Å². The van der Waals surface area contributed by atoms with Crippen LogP contribution < -0.4 is 10.1 Å². The summed E-state index contributed by atoms with van der Waals surface area (Å²) >= 11 is 0. The average Bonchev–Trinajstić information content (AvgIpc) is 2.63. The van der Waals surface area contributed by atoms with E-state index in [1.165, 1.54) is 27.8 Å². The second kappa shape index (κ2) is 7.53. The maximum Gasteiger partial charge on any atom is 0.230 e. The van der Waals surface area contributed by atoms with Gasteiger partial charge in [0.2, 0.25) is 5.91 Å². The lowest BCUT2D eigenvalue weighted by molar-refractivity contribution is -0.124. The number of nitrogens with one attached hydrogen (secondary N) is 1. The summed E-state index contributed by atoms with van der Waals surface area (Å²) < 4.78 is 6.19. The monoisotopic (exact) mass is 353 g/mol. The van der Waals surface area contributed by atoms with Crippen molar-refractivity contribution in [3.8, 4) is 11.5 Å². The second-order valence-electron chi connectivity index (χ2n) is 7.77. The Balaban J connectivity index is 2.22. The molecule has 0 saturated carbocycles. The van der Waals surface area contributed by atoms with Crippen molar-refractivity contribution < 1.29 is 9.53 Å². The molecule has 0 aromatic heterocycles. The maximum atomic E-state index is 12.3. The third kappa shape index (κ3) is 3.92. The first kappa shape index (κ1) is 20.0. The molecular formula is C23H31NO2. The van der Waals surface area contributed by atoms with Gasteiger partial charge in [-0.25, -0.2) is 0 Å². The molecule has 2 aromatic rings. The molecular weight excluding hydrogens is 322 g/mol. The van der Waals surface area contributed by atoms with Crippen LogP contribution in [0.5, 0.6) is 11.5 Å². The Hall–Kier alpha value is -2.29. The fourth-order valence-electron chi connectivity index (χ4n) is 2.80. The number of rotatable bonds is 5. The molecule has 0 fully saturated rings. The van der Waals surface area contributed by atoms with E-state index in [4.69, 9.17) is 4.74 Å². The van der Waals surface area contributed by atoms with Gasteiger partial charge in [-0.2, -0.15) is 0 Å². The Morgan fingerprint density at radius 2 is 1.35 bits per heavy atom. The summed E-state index contributed by atoms with van der Waals surface area (Å²) in [5.41, 5.74) is 6.63. The largest absolute Gasteiger partial charge is 0.457 e. The number of ether oxygens (including phenoxy) is 1. The minimum Gasteiger partial charge on any atom is -0.457 e. The van der Waals surface area contributed by atoms with Crippen LogP contribution in [0.15, 0.2) is 24.3 Å². The molecule has 0 aliphatic heterocycles. The van der Waals surface area contributed by atoms with E-state index in [1.807, 2.05) is 45.0 Å². The van der Waals surface area contributed by atoms with Crippen LogP contribution in [0.1, 0.15) is 55.0 Å². The molecule has 0 aliphatic carbocycles. The van der Waals surface area contributed by atoms with Crippen LogP contribution in [0.4, 0.5) is 5.69 Å². The van der Waals surface area contributed by atoms with Crippen molar-refractivity contribution in [2.24, 2.45) is 5.41 Å². The van der Waals surface area contributed by atoms with Gasteiger partial charge in [0.15, 0.2) is 0 Å². The van der Waals surface area contributed by atoms with Gasteiger partial charge in [0, 0.05) is 11.1 Å². The fraction of sp³-hybridized carbons (Fsp3) is 0.435. The Morgan fingerprint density at radius 3 is 1.81 bits per heavy atom. The first-order valence-corrected chi connectivity index (χ1v) is 9.24. The average molecular weight is 354 g/mol. The van der Waals surface area contributed by atoms with Crippen molar-refractivity contribution in [1.82, 2.24) is 0 Å². The van der Waals surface area contributed by atoms with Gasteiger partial charge in [-0.1, -0.05) is 20.8 Å². The third-order valence-electron chi connectivity index (χ3n) is 5.76. The summed E-state index contributed by atoms with van der Waals surface area (Å²) in [5.74, 6) is 1.73. The van der Waals surface area contributed by atoms with E-state index in [2.05, 4.69) is 39.9 Å². The minimum absolute atomic E-state index is 0.0325. The fourth-order valence-corrected chi connectivity index (χ4v) is 2.80. The van der Waals surface area contributed by atoms with Crippen LogP contribution in [0.2, 0.25) is 0 Å². The van der Waals surface area contributed by atoms with Gasteiger partial charge in [-0.15, -0.1) is 0 Å². The van der Waals surface area contributed by atoms with E-state index in [9.17, 15) is 4.79 Å². The summed E-state index contributed by atoms with van der Waals surface area (Å²) in [7, 11) is 0. The molecule has 0 atom stereocenters. The Bertz CT molecular complexity index is 788. The molecule has 2 aromatic carbocycles. The number of anilines is 1. The summed E-state index contributed by atoms with van der Waals surface area (Å²) in [6.45, 7) is 16.6. The Morgan fingerprint density at radius 1 is 0.885 bits per heavy atom. The summed E-state index contributed by atoms with van der Waals surface area (Å²) in [4.78, 5) is 12.3. The number of hydrogen-bond acceptors (Lipinski definition) is 2. The molecule has 1 amide bonds. The number of carbonyl (C=O) groups is 1. The van der Waals surface area contributed by atoms with Gasteiger partial charge >= 0.3 is 0 Å². The highest BCUT2D eigenvalue weighted by molar-refractivity contribution is 5.94. The van der Waals surface area contributed by atoms with E-state index in [0.29, 0.717) is 0 Å². The molecule has 0 saturated heterocycles. The van der Waals surface area contributed by atoms with Crippen molar-refractivity contribution in [1.29, 1.82) is 0 Å². The molecule has 0 aliphatic rings. The third-order valence-corrected chi connectivity index (χ3v) is 5.76. The molecule has 1 N–H and O–H groups in total. The molecule has 0 radical (unpaired) electrons. The van der Waals surface area contributed by atoms with E-state index >= 15 is 0 Å². The van der Waals surface area contributed by atoms with Crippen LogP contribution in [0.3, 0.4) is 0 Å². The lowest BCUT2D eigenvalue weighted by Crippen LogP contribution is -2.29. The summed E-state index contributed by atoms with van der Waals surface area (Å²) in [5, 5.41) is 2.98.